The van der Waals surface area contributed by atoms with Gasteiger partial charge in [-0.1, -0.05) is 23.2 Å². The standard InChI is InChI=1S/C21H21Cl2FN4O3/c1-11(19-14(22)2-3-15(24)20(19)23)31-18-6-12(7-26-21(18)25)13-8-27-28(9-13)16-4-5-30-10-17(16)29/h2-3,6-9,11,16-17,29H,4-5,10H2,1H3,(H2,25,26)/t11-,16?,17?/m1/s1. The molecule has 31 heavy (non-hydrogen) atoms. The number of aliphatic hydroxyl groups excluding tert-OH is 1. The highest BCUT2D eigenvalue weighted by atomic mass is 35.5. The van der Waals surface area contributed by atoms with Crippen LogP contribution in [0.1, 0.15) is 31.1 Å². The van der Waals surface area contributed by atoms with E-state index in [0.717, 1.165) is 11.1 Å². The predicted octanol–water partition coefficient (Wildman–Crippen LogP) is 4.44. The van der Waals surface area contributed by atoms with Gasteiger partial charge in [-0.15, -0.1) is 0 Å². The zero-order valence-corrected chi connectivity index (χ0v) is 18.1. The summed E-state index contributed by atoms with van der Waals surface area (Å²) >= 11 is 12.3. The summed E-state index contributed by atoms with van der Waals surface area (Å²) in [6.07, 6.45) is 4.50. The van der Waals surface area contributed by atoms with E-state index >= 15 is 0 Å². The van der Waals surface area contributed by atoms with E-state index < -0.39 is 18.0 Å². The molecule has 2 unspecified atom stereocenters. The number of hydrogen-bond donors (Lipinski definition) is 2. The van der Waals surface area contributed by atoms with Crippen molar-refractivity contribution in [2.45, 2.75) is 31.6 Å². The summed E-state index contributed by atoms with van der Waals surface area (Å²) in [7, 11) is 0. The molecule has 3 aromatic rings. The highest BCUT2D eigenvalue weighted by Gasteiger charge is 2.26. The monoisotopic (exact) mass is 466 g/mol. The van der Waals surface area contributed by atoms with E-state index in [-0.39, 0.29) is 28.5 Å². The van der Waals surface area contributed by atoms with Crippen molar-refractivity contribution in [3.8, 4) is 16.9 Å². The number of benzene rings is 1. The summed E-state index contributed by atoms with van der Waals surface area (Å²) in [6.45, 7) is 2.55. The summed E-state index contributed by atoms with van der Waals surface area (Å²) < 4.78 is 26.8. The van der Waals surface area contributed by atoms with E-state index in [1.807, 2.05) is 6.20 Å². The highest BCUT2D eigenvalue weighted by molar-refractivity contribution is 6.36. The van der Waals surface area contributed by atoms with Gasteiger partial charge in [-0.25, -0.2) is 9.37 Å². The van der Waals surface area contributed by atoms with E-state index in [2.05, 4.69) is 10.1 Å². The molecule has 0 amide bonds. The maximum atomic E-state index is 13.9. The Kier molecular flexibility index (Phi) is 6.34. The first-order valence-electron chi connectivity index (χ1n) is 9.71. The Bertz CT molecular complexity index is 1090. The number of nitrogen functional groups attached to an aromatic ring is 1. The van der Waals surface area contributed by atoms with Gasteiger partial charge in [-0.05, 0) is 31.5 Å². The number of halogens is 3. The van der Waals surface area contributed by atoms with Crippen molar-refractivity contribution in [2.24, 2.45) is 0 Å². The topological polar surface area (TPSA) is 95.4 Å². The van der Waals surface area contributed by atoms with Crippen molar-refractivity contribution in [3.63, 3.8) is 0 Å². The SMILES string of the molecule is C[C@@H](Oc1cc(-c2cnn(C3CCOCC3O)c2)cnc1N)c1c(Cl)ccc(F)c1Cl. The van der Waals surface area contributed by atoms with Crippen LogP contribution in [0.5, 0.6) is 5.75 Å². The molecule has 7 nitrogen and oxygen atoms in total. The molecule has 1 aromatic carbocycles. The molecular formula is C21H21Cl2FN4O3. The third-order valence-electron chi connectivity index (χ3n) is 5.24. The summed E-state index contributed by atoms with van der Waals surface area (Å²) in [5.41, 5.74) is 7.83. The quantitative estimate of drug-likeness (QED) is 0.539. The number of aromatic nitrogens is 3. The number of rotatable bonds is 5. The minimum absolute atomic E-state index is 0.0982. The lowest BCUT2D eigenvalue weighted by molar-refractivity contribution is -0.0416. The van der Waals surface area contributed by atoms with E-state index in [1.165, 1.54) is 12.1 Å². The van der Waals surface area contributed by atoms with Gasteiger partial charge >= 0.3 is 0 Å². The fourth-order valence-electron chi connectivity index (χ4n) is 3.56. The largest absolute Gasteiger partial charge is 0.482 e. The molecule has 1 fully saturated rings. The van der Waals surface area contributed by atoms with Gasteiger partial charge in [0, 0.05) is 40.7 Å². The van der Waals surface area contributed by atoms with Crippen LogP contribution in [-0.2, 0) is 4.74 Å². The normalized spacial score (nSPS) is 19.9. The van der Waals surface area contributed by atoms with Crippen molar-refractivity contribution in [3.05, 3.63) is 58.2 Å². The van der Waals surface area contributed by atoms with Gasteiger partial charge in [0.1, 0.15) is 11.9 Å². The molecule has 3 atom stereocenters. The number of pyridine rings is 1. The number of anilines is 1. The van der Waals surface area contributed by atoms with Gasteiger partial charge in [0.2, 0.25) is 0 Å². The zero-order valence-electron chi connectivity index (χ0n) is 16.6. The molecule has 3 heterocycles. The number of nitrogens with two attached hydrogens (primary N) is 1. The second-order valence-corrected chi connectivity index (χ2v) is 8.12. The Hall–Kier alpha value is -2.39. The Labute approximate surface area is 188 Å². The Morgan fingerprint density at radius 2 is 2.13 bits per heavy atom. The van der Waals surface area contributed by atoms with E-state index in [9.17, 15) is 9.50 Å². The van der Waals surface area contributed by atoms with Gasteiger partial charge in [-0.2, -0.15) is 5.10 Å². The fourth-order valence-corrected chi connectivity index (χ4v) is 4.24. The third kappa shape index (κ3) is 4.48. The van der Waals surface area contributed by atoms with Gasteiger partial charge < -0.3 is 20.3 Å². The second-order valence-electron chi connectivity index (χ2n) is 7.33. The molecule has 0 aliphatic carbocycles. The molecule has 1 aliphatic rings. The van der Waals surface area contributed by atoms with Crippen LogP contribution in [-0.4, -0.2) is 39.2 Å². The minimum Gasteiger partial charge on any atom is -0.482 e. The van der Waals surface area contributed by atoms with Crippen LogP contribution in [0.15, 0.2) is 36.8 Å². The lowest BCUT2D eigenvalue weighted by Gasteiger charge is -2.27. The van der Waals surface area contributed by atoms with Gasteiger partial charge in [0.25, 0.3) is 0 Å². The third-order valence-corrected chi connectivity index (χ3v) is 5.95. The van der Waals surface area contributed by atoms with Crippen LogP contribution in [0.25, 0.3) is 11.1 Å². The molecule has 3 N–H and O–H groups in total. The van der Waals surface area contributed by atoms with Crippen LogP contribution in [0, 0.1) is 5.82 Å². The van der Waals surface area contributed by atoms with Crippen molar-refractivity contribution in [1.29, 1.82) is 0 Å². The van der Waals surface area contributed by atoms with E-state index in [4.69, 9.17) is 38.4 Å². The van der Waals surface area contributed by atoms with Crippen LogP contribution in [0.2, 0.25) is 10.0 Å². The van der Waals surface area contributed by atoms with Gasteiger partial charge in [-0.3, -0.25) is 4.68 Å². The van der Waals surface area contributed by atoms with Crippen molar-refractivity contribution in [2.75, 3.05) is 18.9 Å². The van der Waals surface area contributed by atoms with Gasteiger partial charge in [0.05, 0.1) is 30.0 Å². The van der Waals surface area contributed by atoms with E-state index in [0.29, 0.717) is 24.3 Å². The minimum atomic E-state index is -0.671. The van der Waals surface area contributed by atoms with Crippen LogP contribution < -0.4 is 10.5 Å². The summed E-state index contributed by atoms with van der Waals surface area (Å²) in [4.78, 5) is 4.21. The van der Waals surface area contributed by atoms with Crippen molar-refractivity contribution >= 4 is 29.0 Å². The Morgan fingerprint density at radius 3 is 2.90 bits per heavy atom. The molecule has 0 bridgehead atoms. The number of aliphatic hydroxyl groups is 1. The van der Waals surface area contributed by atoms with Crippen molar-refractivity contribution < 1.29 is 19.0 Å². The zero-order chi connectivity index (χ0) is 22.1. The molecule has 10 heteroatoms. The molecule has 4 rings (SSSR count). The van der Waals surface area contributed by atoms with E-state index in [1.54, 1.807) is 30.1 Å². The summed E-state index contributed by atoms with van der Waals surface area (Å²) in [6, 6.07) is 4.19. The molecule has 2 aromatic heterocycles. The molecule has 1 saturated heterocycles. The molecule has 1 aliphatic heterocycles. The lowest BCUT2D eigenvalue weighted by atomic mass is 10.1. The average Bonchev–Trinajstić information content (AvgIpc) is 3.23. The smallest absolute Gasteiger partial charge is 0.166 e. The maximum Gasteiger partial charge on any atom is 0.166 e. The Morgan fingerprint density at radius 1 is 1.32 bits per heavy atom. The van der Waals surface area contributed by atoms with Crippen LogP contribution in [0.4, 0.5) is 10.2 Å². The number of ether oxygens (including phenoxy) is 2. The first-order valence-corrected chi connectivity index (χ1v) is 10.5. The predicted molar refractivity (Wildman–Crippen MR) is 116 cm³/mol. The number of nitrogens with zero attached hydrogens (tertiary/aromatic N) is 3. The highest BCUT2D eigenvalue weighted by Crippen LogP contribution is 2.37. The molecule has 164 valence electrons. The molecule has 0 spiro atoms. The first-order chi connectivity index (χ1) is 14.8. The fraction of sp³-hybridized carbons (Fsp3) is 0.333. The average molecular weight is 467 g/mol. The summed E-state index contributed by atoms with van der Waals surface area (Å²) in [5.74, 6) is -0.106. The molecular weight excluding hydrogens is 446 g/mol. The lowest BCUT2D eigenvalue weighted by Crippen LogP contribution is -2.34. The molecule has 0 radical (unpaired) electrons. The maximum absolute atomic E-state index is 13.9. The van der Waals surface area contributed by atoms with Crippen LogP contribution >= 0.6 is 23.2 Å². The van der Waals surface area contributed by atoms with Gasteiger partial charge in [0.15, 0.2) is 11.6 Å². The first kappa shape index (κ1) is 21.8. The van der Waals surface area contributed by atoms with Crippen LogP contribution in [0.3, 0.4) is 0 Å². The summed E-state index contributed by atoms with van der Waals surface area (Å²) in [5, 5.41) is 14.7. The second kappa shape index (κ2) is 9.00. The molecule has 0 saturated carbocycles. The van der Waals surface area contributed by atoms with Crippen molar-refractivity contribution in [1.82, 2.24) is 14.8 Å². The number of hydrogen-bond acceptors (Lipinski definition) is 6. The Balaban J connectivity index is 1.59.